The fourth-order valence-corrected chi connectivity index (χ4v) is 7.95. The Morgan fingerprint density at radius 1 is 1.06 bits per heavy atom. The van der Waals surface area contributed by atoms with E-state index >= 15 is 0 Å². The second kappa shape index (κ2) is 19.0. The molecule has 2 saturated heterocycles. The standard InChI is InChI=1S/C40H54N6O7S/c1-28(2)38-43-32(26-54-38)39(50)46-20-23-53-40(27-46)12-18-45(19-13-40)17-9-29-4-3-5-30(24-29)10-21-51-22-11-34(48)42-16-15-41-14-8-31-6-7-33(47)36-37(31)52-25-35(49)44-36/h3-7,24,26,28,41,47H,8-23,25,27H2,1-2H3,(H,42,48)(H,44,49). The van der Waals surface area contributed by atoms with Gasteiger partial charge in [0.2, 0.25) is 5.91 Å². The summed E-state index contributed by atoms with van der Waals surface area (Å²) in [7, 11) is 0. The molecule has 0 radical (unpaired) electrons. The number of phenols is 1. The monoisotopic (exact) mass is 762 g/mol. The molecule has 54 heavy (non-hydrogen) atoms. The number of nitrogens with zero attached hydrogens (tertiary/aromatic N) is 3. The lowest BCUT2D eigenvalue weighted by Gasteiger charge is -2.47. The number of phenolic OH excluding ortho intramolecular Hbond substituents is 1. The Kier molecular flexibility index (Phi) is 13.9. The van der Waals surface area contributed by atoms with Gasteiger partial charge < -0.3 is 45.1 Å². The third-order valence-electron chi connectivity index (χ3n) is 10.3. The van der Waals surface area contributed by atoms with Gasteiger partial charge in [0.05, 0.1) is 37.0 Å². The number of morpholine rings is 1. The Balaban J connectivity index is 0.810. The van der Waals surface area contributed by atoms with Gasteiger partial charge in [-0.3, -0.25) is 14.4 Å². The highest BCUT2D eigenvalue weighted by Crippen LogP contribution is 2.39. The number of aromatic nitrogens is 1. The van der Waals surface area contributed by atoms with Crippen molar-refractivity contribution in [2.75, 3.05) is 84.1 Å². The van der Waals surface area contributed by atoms with Crippen molar-refractivity contribution in [1.82, 2.24) is 25.4 Å². The number of amides is 3. The van der Waals surface area contributed by atoms with E-state index in [1.807, 2.05) is 10.3 Å². The van der Waals surface area contributed by atoms with Gasteiger partial charge in [0, 0.05) is 57.0 Å². The maximum absolute atomic E-state index is 13.2. The number of thiazole rings is 1. The molecule has 4 N–H and O–H groups in total. The number of anilines is 1. The van der Waals surface area contributed by atoms with Gasteiger partial charge in [-0.05, 0) is 61.4 Å². The second-order valence-corrected chi connectivity index (χ2v) is 15.5. The molecule has 0 saturated carbocycles. The third-order valence-corrected chi connectivity index (χ3v) is 11.4. The molecular formula is C40H54N6O7S. The van der Waals surface area contributed by atoms with E-state index in [0.717, 1.165) is 55.9 Å². The molecule has 4 heterocycles. The molecule has 3 aromatic rings. The molecule has 0 atom stereocenters. The van der Waals surface area contributed by atoms with Crippen molar-refractivity contribution >= 4 is 34.7 Å². The minimum absolute atomic E-state index is 0.0161. The zero-order valence-electron chi connectivity index (χ0n) is 31.5. The number of piperidine rings is 1. The number of rotatable bonds is 17. The first-order valence-corrected chi connectivity index (χ1v) is 20.1. The average molecular weight is 763 g/mol. The second-order valence-electron chi connectivity index (χ2n) is 14.6. The number of hydrogen-bond donors (Lipinski definition) is 4. The van der Waals surface area contributed by atoms with Gasteiger partial charge in [-0.15, -0.1) is 11.3 Å². The van der Waals surface area contributed by atoms with Crippen LogP contribution in [0.1, 0.15) is 71.2 Å². The first kappa shape index (κ1) is 39.6. The fraction of sp³-hybridized carbons (Fsp3) is 0.550. The molecule has 2 fully saturated rings. The van der Waals surface area contributed by atoms with Gasteiger partial charge in [0.25, 0.3) is 11.8 Å². The summed E-state index contributed by atoms with van der Waals surface area (Å²) in [4.78, 5) is 46.1. The highest BCUT2D eigenvalue weighted by molar-refractivity contribution is 7.09. The van der Waals surface area contributed by atoms with Crippen LogP contribution in [-0.4, -0.2) is 122 Å². The molecule has 0 unspecified atom stereocenters. The topological polar surface area (TPSA) is 155 Å². The van der Waals surface area contributed by atoms with Crippen LogP contribution in [0.2, 0.25) is 0 Å². The molecule has 292 valence electrons. The van der Waals surface area contributed by atoms with E-state index in [9.17, 15) is 19.5 Å². The number of hydrogen-bond acceptors (Lipinski definition) is 11. The van der Waals surface area contributed by atoms with Crippen molar-refractivity contribution < 1.29 is 33.7 Å². The quantitative estimate of drug-likeness (QED) is 0.118. The summed E-state index contributed by atoms with van der Waals surface area (Å²) in [5.74, 6) is 0.497. The van der Waals surface area contributed by atoms with Gasteiger partial charge in [0.15, 0.2) is 12.4 Å². The number of nitrogens with one attached hydrogen (secondary N) is 3. The highest BCUT2D eigenvalue weighted by atomic mass is 32.1. The van der Waals surface area contributed by atoms with Crippen LogP contribution < -0.4 is 20.7 Å². The molecule has 2 aromatic carbocycles. The predicted molar refractivity (Wildman–Crippen MR) is 208 cm³/mol. The summed E-state index contributed by atoms with van der Waals surface area (Å²) >= 11 is 1.56. The molecule has 13 nitrogen and oxygen atoms in total. The minimum atomic E-state index is -0.290. The molecule has 0 aliphatic carbocycles. The summed E-state index contributed by atoms with van der Waals surface area (Å²) in [6.07, 6.45) is 4.55. The number of fused-ring (bicyclic) bond motifs is 1. The summed E-state index contributed by atoms with van der Waals surface area (Å²) in [5, 5.41) is 21.8. The predicted octanol–water partition coefficient (Wildman–Crippen LogP) is 3.75. The lowest BCUT2D eigenvalue weighted by atomic mass is 9.89. The van der Waals surface area contributed by atoms with Crippen LogP contribution in [0.4, 0.5) is 5.69 Å². The first-order valence-electron chi connectivity index (χ1n) is 19.2. The molecule has 3 amide bonds. The van der Waals surface area contributed by atoms with E-state index in [1.165, 1.54) is 11.1 Å². The van der Waals surface area contributed by atoms with E-state index < -0.39 is 0 Å². The van der Waals surface area contributed by atoms with Crippen molar-refractivity contribution in [2.24, 2.45) is 0 Å². The number of aromatic hydroxyl groups is 1. The van der Waals surface area contributed by atoms with Crippen LogP contribution in [-0.2, 0) is 38.3 Å². The van der Waals surface area contributed by atoms with Crippen LogP contribution in [0.15, 0.2) is 41.8 Å². The summed E-state index contributed by atoms with van der Waals surface area (Å²) in [6.45, 7) is 11.5. The van der Waals surface area contributed by atoms with Crippen LogP contribution in [0.25, 0.3) is 0 Å². The lowest BCUT2D eigenvalue weighted by molar-refractivity contribution is -0.127. The summed E-state index contributed by atoms with van der Waals surface area (Å²) < 4.78 is 17.6. The van der Waals surface area contributed by atoms with Crippen molar-refractivity contribution in [3.8, 4) is 11.5 Å². The maximum Gasteiger partial charge on any atom is 0.273 e. The SMILES string of the molecule is CC(C)c1nc(C(=O)N2CCOC3(CCN(CCc4cccc(CCOCCC(=O)NCCNCCc5ccc(O)c6c5OCC(=O)N6)c4)CC3)C2)cs1. The van der Waals surface area contributed by atoms with E-state index in [2.05, 4.69) is 63.9 Å². The van der Waals surface area contributed by atoms with Gasteiger partial charge in [-0.25, -0.2) is 4.98 Å². The molecule has 0 bridgehead atoms. The molecule has 14 heteroatoms. The van der Waals surface area contributed by atoms with Crippen molar-refractivity contribution in [2.45, 2.75) is 63.9 Å². The van der Waals surface area contributed by atoms with Gasteiger partial charge in [-0.2, -0.15) is 0 Å². The highest BCUT2D eigenvalue weighted by Gasteiger charge is 2.41. The minimum Gasteiger partial charge on any atom is -0.506 e. The Hall–Kier alpha value is -4.08. The van der Waals surface area contributed by atoms with Crippen LogP contribution in [0.5, 0.6) is 11.5 Å². The fourth-order valence-electron chi connectivity index (χ4n) is 7.14. The zero-order chi connectivity index (χ0) is 37.9. The summed E-state index contributed by atoms with van der Waals surface area (Å²) in [5.41, 5.74) is 4.03. The number of carbonyl (C=O) groups is 3. The van der Waals surface area contributed by atoms with Gasteiger partial charge >= 0.3 is 0 Å². The lowest BCUT2D eigenvalue weighted by Crippen LogP contribution is -2.58. The Morgan fingerprint density at radius 3 is 2.67 bits per heavy atom. The van der Waals surface area contributed by atoms with Crippen molar-refractivity contribution in [1.29, 1.82) is 0 Å². The molecule has 1 aromatic heterocycles. The van der Waals surface area contributed by atoms with Crippen LogP contribution in [0.3, 0.4) is 0 Å². The molecular weight excluding hydrogens is 709 g/mol. The van der Waals surface area contributed by atoms with E-state index in [4.69, 9.17) is 14.2 Å². The van der Waals surface area contributed by atoms with E-state index in [0.29, 0.717) is 88.4 Å². The number of carbonyl (C=O) groups excluding carboxylic acids is 3. The number of likely N-dealkylation sites (tertiary alicyclic amines) is 1. The molecule has 3 aliphatic heterocycles. The Labute approximate surface area is 321 Å². The largest absolute Gasteiger partial charge is 0.506 e. The maximum atomic E-state index is 13.2. The van der Waals surface area contributed by atoms with Gasteiger partial charge in [0.1, 0.15) is 17.1 Å². The van der Waals surface area contributed by atoms with Crippen LogP contribution in [0, 0.1) is 0 Å². The van der Waals surface area contributed by atoms with Crippen molar-refractivity contribution in [3.05, 3.63) is 69.2 Å². The van der Waals surface area contributed by atoms with Gasteiger partial charge in [-0.1, -0.05) is 44.2 Å². The number of benzene rings is 2. The third kappa shape index (κ3) is 10.8. The number of ether oxygens (including phenoxy) is 3. The Morgan fingerprint density at radius 2 is 1.87 bits per heavy atom. The Bertz CT molecular complexity index is 1740. The average Bonchev–Trinajstić information content (AvgIpc) is 3.68. The van der Waals surface area contributed by atoms with Crippen molar-refractivity contribution in [3.63, 3.8) is 0 Å². The summed E-state index contributed by atoms with van der Waals surface area (Å²) in [6, 6.07) is 12.0. The van der Waals surface area contributed by atoms with E-state index in [1.54, 1.807) is 23.5 Å². The molecule has 1 spiro atoms. The first-order chi connectivity index (χ1) is 26.2. The normalized spacial score (nSPS) is 16.9. The van der Waals surface area contributed by atoms with E-state index in [-0.39, 0.29) is 35.7 Å². The zero-order valence-corrected chi connectivity index (χ0v) is 32.3. The molecule has 6 rings (SSSR count). The molecule has 3 aliphatic rings. The van der Waals surface area contributed by atoms with Crippen LogP contribution >= 0.6 is 11.3 Å². The smallest absolute Gasteiger partial charge is 0.273 e.